The standard InChI is InChI=1S/C15H12O2/c1-3-7-12-10(4-2)11-8-5-6-9-13(11)15(17)14(12)16/h3-9H,1H2,2H3/b10-4-,12-7+. The average molecular weight is 224 g/mol. The molecule has 0 saturated carbocycles. The molecule has 2 rings (SSSR count). The molecule has 0 atom stereocenters. The van der Waals surface area contributed by atoms with Crippen molar-refractivity contribution in [3.05, 3.63) is 65.8 Å². The summed E-state index contributed by atoms with van der Waals surface area (Å²) in [5, 5.41) is 0. The Morgan fingerprint density at radius 3 is 2.24 bits per heavy atom. The van der Waals surface area contributed by atoms with Gasteiger partial charge in [-0.25, -0.2) is 0 Å². The molecule has 1 aliphatic carbocycles. The van der Waals surface area contributed by atoms with Gasteiger partial charge < -0.3 is 0 Å². The molecule has 0 radical (unpaired) electrons. The number of ketones is 2. The van der Waals surface area contributed by atoms with Crippen LogP contribution in [0.15, 0.2) is 54.6 Å². The molecule has 0 fully saturated rings. The van der Waals surface area contributed by atoms with Crippen molar-refractivity contribution >= 4 is 17.1 Å². The molecule has 0 aliphatic heterocycles. The van der Waals surface area contributed by atoms with Gasteiger partial charge in [-0.05, 0) is 18.1 Å². The Balaban J connectivity index is 2.76. The van der Waals surface area contributed by atoms with Crippen LogP contribution in [0.25, 0.3) is 5.57 Å². The van der Waals surface area contributed by atoms with E-state index in [4.69, 9.17) is 0 Å². The SMILES string of the molecule is C=C/C=C1/C(=O)C(=O)c2ccccc2/C1=C/C. The van der Waals surface area contributed by atoms with E-state index in [9.17, 15) is 9.59 Å². The summed E-state index contributed by atoms with van der Waals surface area (Å²) in [5.74, 6) is -0.906. The summed E-state index contributed by atoms with van der Waals surface area (Å²) in [4.78, 5) is 23.9. The van der Waals surface area contributed by atoms with Crippen molar-refractivity contribution in [2.75, 3.05) is 0 Å². The van der Waals surface area contributed by atoms with E-state index in [1.807, 2.05) is 25.1 Å². The minimum absolute atomic E-state index is 0.422. The van der Waals surface area contributed by atoms with Gasteiger partial charge in [-0.15, -0.1) is 0 Å². The molecule has 2 nitrogen and oxygen atoms in total. The lowest BCUT2D eigenvalue weighted by Crippen LogP contribution is -2.24. The summed E-state index contributed by atoms with van der Waals surface area (Å²) in [6.45, 7) is 5.43. The van der Waals surface area contributed by atoms with Crippen molar-refractivity contribution in [2.45, 2.75) is 6.92 Å². The second kappa shape index (κ2) is 4.34. The Hall–Kier alpha value is -2.22. The topological polar surface area (TPSA) is 34.1 Å². The number of Topliss-reactive ketones (excluding diaryl/α,β-unsaturated/α-hetero) is 2. The largest absolute Gasteiger partial charge is 0.285 e. The van der Waals surface area contributed by atoms with Crippen LogP contribution in [-0.4, -0.2) is 11.6 Å². The Labute approximate surface area is 100.0 Å². The van der Waals surface area contributed by atoms with Crippen LogP contribution >= 0.6 is 0 Å². The second-order valence-electron chi connectivity index (χ2n) is 3.72. The number of carbonyl (C=O) groups excluding carboxylic acids is 2. The molecule has 1 aromatic rings. The molecule has 1 aliphatic rings. The van der Waals surface area contributed by atoms with Gasteiger partial charge in [-0.1, -0.05) is 49.1 Å². The molecular formula is C15H12O2. The third-order valence-electron chi connectivity index (χ3n) is 2.78. The molecule has 0 saturated heterocycles. The fraction of sp³-hybridized carbons (Fsp3) is 0.0667. The highest BCUT2D eigenvalue weighted by atomic mass is 16.2. The number of benzene rings is 1. The third-order valence-corrected chi connectivity index (χ3v) is 2.78. The summed E-state index contributed by atoms with van der Waals surface area (Å²) in [5.41, 5.74) is 2.51. The smallest absolute Gasteiger partial charge is 0.234 e. The normalized spacial score (nSPS) is 19.6. The minimum atomic E-state index is -0.461. The van der Waals surface area contributed by atoms with Gasteiger partial charge in [0.15, 0.2) is 0 Å². The lowest BCUT2D eigenvalue weighted by atomic mass is 9.81. The van der Waals surface area contributed by atoms with Gasteiger partial charge >= 0.3 is 0 Å². The summed E-state index contributed by atoms with van der Waals surface area (Å²) in [6, 6.07) is 7.16. The Kier molecular flexibility index (Phi) is 2.88. The highest BCUT2D eigenvalue weighted by molar-refractivity contribution is 6.54. The van der Waals surface area contributed by atoms with Crippen LogP contribution in [0.4, 0.5) is 0 Å². The second-order valence-corrected chi connectivity index (χ2v) is 3.72. The number of rotatable bonds is 1. The van der Waals surface area contributed by atoms with Gasteiger partial charge in [0.05, 0.1) is 0 Å². The zero-order chi connectivity index (χ0) is 12.4. The van der Waals surface area contributed by atoms with Gasteiger partial charge in [-0.3, -0.25) is 9.59 Å². The molecule has 0 spiro atoms. The Morgan fingerprint density at radius 1 is 1.00 bits per heavy atom. The van der Waals surface area contributed by atoms with E-state index in [1.165, 1.54) is 6.08 Å². The molecule has 0 aromatic heterocycles. The van der Waals surface area contributed by atoms with Crippen molar-refractivity contribution in [1.82, 2.24) is 0 Å². The molecule has 2 heteroatoms. The summed E-state index contributed by atoms with van der Waals surface area (Å²) in [7, 11) is 0. The molecular weight excluding hydrogens is 212 g/mol. The van der Waals surface area contributed by atoms with E-state index in [2.05, 4.69) is 6.58 Å². The van der Waals surface area contributed by atoms with E-state index >= 15 is 0 Å². The van der Waals surface area contributed by atoms with Crippen molar-refractivity contribution in [1.29, 1.82) is 0 Å². The van der Waals surface area contributed by atoms with Crippen LogP contribution in [0.3, 0.4) is 0 Å². The number of hydrogen-bond acceptors (Lipinski definition) is 2. The Morgan fingerprint density at radius 2 is 1.65 bits per heavy atom. The number of carbonyl (C=O) groups is 2. The molecule has 17 heavy (non-hydrogen) atoms. The monoisotopic (exact) mass is 224 g/mol. The maximum Gasteiger partial charge on any atom is 0.234 e. The van der Waals surface area contributed by atoms with Crippen molar-refractivity contribution in [3.63, 3.8) is 0 Å². The van der Waals surface area contributed by atoms with Gasteiger partial charge in [-0.2, -0.15) is 0 Å². The number of fused-ring (bicyclic) bond motifs is 1. The first kappa shape index (κ1) is 11.3. The highest BCUT2D eigenvalue weighted by Gasteiger charge is 2.31. The summed E-state index contributed by atoms with van der Waals surface area (Å²) in [6.07, 6.45) is 4.96. The zero-order valence-electron chi connectivity index (χ0n) is 9.57. The fourth-order valence-corrected chi connectivity index (χ4v) is 2.02. The van der Waals surface area contributed by atoms with E-state index in [1.54, 1.807) is 18.2 Å². The van der Waals surface area contributed by atoms with E-state index in [0.29, 0.717) is 11.1 Å². The van der Waals surface area contributed by atoms with Crippen LogP contribution in [0.1, 0.15) is 22.8 Å². The van der Waals surface area contributed by atoms with Crippen molar-refractivity contribution < 1.29 is 9.59 Å². The predicted octanol–water partition coefficient (Wildman–Crippen LogP) is 2.97. The summed E-state index contributed by atoms with van der Waals surface area (Å²) >= 11 is 0. The van der Waals surface area contributed by atoms with Crippen LogP contribution in [0, 0.1) is 0 Å². The van der Waals surface area contributed by atoms with Gasteiger partial charge in [0.2, 0.25) is 11.6 Å². The average Bonchev–Trinajstić information content (AvgIpc) is 2.36. The first-order chi connectivity index (χ1) is 8.20. The van der Waals surface area contributed by atoms with Crippen molar-refractivity contribution in [2.24, 2.45) is 0 Å². The van der Waals surface area contributed by atoms with Gasteiger partial charge in [0.1, 0.15) is 0 Å². The molecule has 84 valence electrons. The molecule has 0 N–H and O–H groups in total. The quantitative estimate of drug-likeness (QED) is 0.543. The van der Waals surface area contributed by atoms with Crippen molar-refractivity contribution in [3.8, 4) is 0 Å². The van der Waals surface area contributed by atoms with Crippen LogP contribution in [0.2, 0.25) is 0 Å². The number of hydrogen-bond donors (Lipinski definition) is 0. The predicted molar refractivity (Wildman–Crippen MR) is 67.7 cm³/mol. The Bertz CT molecular complexity index is 574. The maximum absolute atomic E-state index is 11.9. The summed E-state index contributed by atoms with van der Waals surface area (Å²) < 4.78 is 0. The van der Waals surface area contributed by atoms with Gasteiger partial charge in [0, 0.05) is 11.1 Å². The molecule has 0 heterocycles. The third kappa shape index (κ3) is 1.68. The van der Waals surface area contributed by atoms with Gasteiger partial charge in [0.25, 0.3) is 0 Å². The molecule has 0 unspecified atom stereocenters. The highest BCUT2D eigenvalue weighted by Crippen LogP contribution is 2.32. The zero-order valence-corrected chi connectivity index (χ0v) is 9.57. The lowest BCUT2D eigenvalue weighted by molar-refractivity contribution is -0.111. The first-order valence-electron chi connectivity index (χ1n) is 5.38. The minimum Gasteiger partial charge on any atom is -0.285 e. The fourth-order valence-electron chi connectivity index (χ4n) is 2.02. The molecule has 0 bridgehead atoms. The first-order valence-corrected chi connectivity index (χ1v) is 5.38. The molecule has 0 amide bonds. The van der Waals surface area contributed by atoms with Crippen LogP contribution < -0.4 is 0 Å². The van der Waals surface area contributed by atoms with E-state index < -0.39 is 11.6 Å². The number of allylic oxidation sites excluding steroid dienone is 5. The van der Waals surface area contributed by atoms with E-state index in [-0.39, 0.29) is 0 Å². The maximum atomic E-state index is 11.9. The van der Waals surface area contributed by atoms with Crippen LogP contribution in [0.5, 0.6) is 0 Å². The lowest BCUT2D eigenvalue weighted by Gasteiger charge is -2.19. The van der Waals surface area contributed by atoms with E-state index in [0.717, 1.165) is 11.1 Å². The van der Waals surface area contributed by atoms with Crippen LogP contribution in [-0.2, 0) is 4.79 Å². The molecule has 1 aromatic carbocycles.